The zero-order chi connectivity index (χ0) is 44.0. The van der Waals surface area contributed by atoms with E-state index in [9.17, 15) is 40.0 Å². The molecular weight excluding hydrogens is 835 g/mol. The summed E-state index contributed by atoms with van der Waals surface area (Å²) >= 11 is 0. The van der Waals surface area contributed by atoms with Crippen LogP contribution in [0.5, 0.6) is 0 Å². The largest absolute Gasteiger partial charge is 0.448 e. The number of aryl methyl sites for hydroxylation is 1. The standard InChI is InChI=1S/C41H44F2N8O8S2/c1-6-59-40(54)51-37(34-24-50(25-41(3,4)36(34)46-51)61(57,58)32-20-28(42)19-29(43)21-32)45-39(53)33-12-9-30(48-17-15-47(5)16-18-48)22-35(33)44-38(52)27-13-14-49(23-27)60(55,56)31-10-7-26(2)8-11-31/h7-14,19-23H,6,15-18,24-25H2,1-5H3,(H,44,52)(H,45,53). The third kappa shape index (κ3) is 8.65. The Kier molecular flexibility index (Phi) is 11.7. The molecule has 61 heavy (non-hydrogen) atoms. The fourth-order valence-corrected chi connectivity index (χ4v) is 10.1. The normalized spacial score (nSPS) is 15.9. The minimum absolute atomic E-state index is 0.0238. The Labute approximate surface area is 351 Å². The van der Waals surface area contributed by atoms with Gasteiger partial charge >= 0.3 is 6.09 Å². The van der Waals surface area contributed by atoms with Crippen molar-refractivity contribution in [1.82, 2.24) is 23.0 Å². The van der Waals surface area contributed by atoms with Crippen molar-refractivity contribution in [2.75, 3.05) is 61.9 Å². The Morgan fingerprint density at radius 2 is 1.51 bits per heavy atom. The van der Waals surface area contributed by atoms with Crippen molar-refractivity contribution in [3.63, 3.8) is 0 Å². The number of ether oxygens (including phenoxy) is 1. The number of fused-ring (bicyclic) bond motifs is 1. The highest BCUT2D eigenvalue weighted by Gasteiger charge is 2.43. The fourth-order valence-electron chi connectivity index (χ4n) is 7.29. The minimum Gasteiger partial charge on any atom is -0.448 e. The zero-order valence-electron chi connectivity index (χ0n) is 34.0. The quantitative estimate of drug-likeness (QED) is 0.187. The number of carbonyl (C=O) groups excluding carboxylic acids is 3. The first-order chi connectivity index (χ1) is 28.8. The van der Waals surface area contributed by atoms with E-state index < -0.39 is 66.4 Å². The number of halogens is 2. The van der Waals surface area contributed by atoms with Crippen LogP contribution >= 0.6 is 0 Å². The molecule has 2 amide bonds. The first kappa shape index (κ1) is 43.1. The molecule has 2 aromatic heterocycles. The van der Waals surface area contributed by atoms with Crippen molar-refractivity contribution in [3.8, 4) is 0 Å². The Morgan fingerprint density at radius 1 is 0.836 bits per heavy atom. The molecule has 20 heteroatoms. The number of hydrogen-bond donors (Lipinski definition) is 2. The molecule has 7 rings (SSSR count). The van der Waals surface area contributed by atoms with Crippen molar-refractivity contribution in [3.05, 3.63) is 119 Å². The first-order valence-electron chi connectivity index (χ1n) is 19.2. The SMILES string of the molecule is CCOC(=O)n1nc2c(c1NC(=O)c1ccc(N3CCN(C)CC3)cc1NC(=O)c1ccn(S(=O)(=O)c3ccc(C)cc3)c1)CN(S(=O)(=O)c1cc(F)cc(F)c1)CC2(C)C. The molecule has 3 aromatic carbocycles. The number of rotatable bonds is 10. The fraction of sp³-hybridized carbons (Fsp3) is 0.317. The number of anilines is 3. The molecule has 0 saturated carbocycles. The van der Waals surface area contributed by atoms with Gasteiger partial charge in [-0.1, -0.05) is 31.5 Å². The van der Waals surface area contributed by atoms with E-state index in [1.807, 2.05) is 14.0 Å². The lowest BCUT2D eigenvalue weighted by Crippen LogP contribution is -2.45. The van der Waals surface area contributed by atoms with Crippen LogP contribution in [0, 0.1) is 18.6 Å². The number of nitrogens with zero attached hydrogens (tertiary/aromatic N) is 6. The van der Waals surface area contributed by atoms with Crippen molar-refractivity contribution >= 4 is 55.1 Å². The molecule has 0 spiro atoms. The summed E-state index contributed by atoms with van der Waals surface area (Å²) in [5.74, 6) is -3.98. The summed E-state index contributed by atoms with van der Waals surface area (Å²) in [6, 6.07) is 14.3. The van der Waals surface area contributed by atoms with Crippen LogP contribution in [0.2, 0.25) is 0 Å². The molecule has 322 valence electrons. The van der Waals surface area contributed by atoms with Gasteiger partial charge in [0.25, 0.3) is 21.8 Å². The molecule has 16 nitrogen and oxygen atoms in total. The topological polar surface area (TPSA) is 185 Å². The second kappa shape index (κ2) is 16.5. The first-order valence-corrected chi connectivity index (χ1v) is 22.1. The van der Waals surface area contributed by atoms with Gasteiger partial charge in [0.15, 0.2) is 0 Å². The summed E-state index contributed by atoms with van der Waals surface area (Å²) in [4.78, 5) is 45.4. The number of piperazine rings is 1. The molecule has 2 aliphatic rings. The summed E-state index contributed by atoms with van der Waals surface area (Å²) in [6.07, 6.45) is 1.43. The van der Waals surface area contributed by atoms with Crippen molar-refractivity contribution in [1.29, 1.82) is 0 Å². The molecule has 4 heterocycles. The zero-order valence-corrected chi connectivity index (χ0v) is 35.6. The molecule has 1 fully saturated rings. The maximum atomic E-state index is 14.5. The van der Waals surface area contributed by atoms with Gasteiger partial charge in [-0.2, -0.15) is 9.40 Å². The smallest absolute Gasteiger partial charge is 0.436 e. The highest BCUT2D eigenvalue weighted by atomic mass is 32.2. The molecule has 2 N–H and O–H groups in total. The van der Waals surface area contributed by atoms with Gasteiger partial charge in [0.1, 0.15) is 17.5 Å². The van der Waals surface area contributed by atoms with E-state index in [0.29, 0.717) is 37.0 Å². The Hall–Kier alpha value is -5.96. The molecule has 1 saturated heterocycles. The predicted molar refractivity (Wildman–Crippen MR) is 222 cm³/mol. The maximum absolute atomic E-state index is 14.5. The third-order valence-corrected chi connectivity index (χ3v) is 14.0. The van der Waals surface area contributed by atoms with Gasteiger partial charge in [0.05, 0.1) is 38.9 Å². The van der Waals surface area contributed by atoms with E-state index in [1.165, 1.54) is 36.7 Å². The molecular formula is C41H44F2N8O8S2. The van der Waals surface area contributed by atoms with E-state index >= 15 is 0 Å². The lowest BCUT2D eigenvalue weighted by Gasteiger charge is -2.36. The molecule has 2 aliphatic heterocycles. The second-order valence-corrected chi connectivity index (χ2v) is 19.3. The van der Waals surface area contributed by atoms with Crippen LogP contribution in [0.4, 0.5) is 30.8 Å². The molecule has 0 unspecified atom stereocenters. The number of hydrogen-bond acceptors (Lipinski definition) is 11. The molecule has 0 bridgehead atoms. The number of nitrogens with one attached hydrogen (secondary N) is 2. The van der Waals surface area contributed by atoms with E-state index in [0.717, 1.165) is 31.6 Å². The number of carbonyl (C=O) groups is 3. The van der Waals surface area contributed by atoms with Gasteiger partial charge in [-0.25, -0.2) is 34.4 Å². The van der Waals surface area contributed by atoms with Crippen molar-refractivity contribution < 1.29 is 44.7 Å². The number of likely N-dealkylation sites (N-methyl/N-ethyl adjacent to an activating group) is 1. The van der Waals surface area contributed by atoms with E-state index in [-0.39, 0.29) is 51.9 Å². The summed E-state index contributed by atoms with van der Waals surface area (Å²) < 4.78 is 91.0. The summed E-state index contributed by atoms with van der Waals surface area (Å²) in [5, 5.41) is 9.96. The monoisotopic (exact) mass is 878 g/mol. The van der Waals surface area contributed by atoms with Gasteiger partial charge in [0.2, 0.25) is 10.0 Å². The lowest BCUT2D eigenvalue weighted by molar-refractivity contribution is 0.102. The molecule has 5 aromatic rings. The maximum Gasteiger partial charge on any atom is 0.436 e. The Balaban J connectivity index is 1.25. The third-order valence-electron chi connectivity index (χ3n) is 10.6. The van der Waals surface area contributed by atoms with Crippen LogP contribution in [0.3, 0.4) is 0 Å². The van der Waals surface area contributed by atoms with Crippen LogP contribution in [0.15, 0.2) is 88.9 Å². The summed E-state index contributed by atoms with van der Waals surface area (Å²) in [5.41, 5.74) is 0.780. The lowest BCUT2D eigenvalue weighted by atomic mass is 9.84. The van der Waals surface area contributed by atoms with Crippen molar-refractivity contribution in [2.24, 2.45) is 0 Å². The molecule has 0 radical (unpaired) electrons. The Bertz CT molecular complexity index is 2740. The van der Waals surface area contributed by atoms with Gasteiger partial charge in [0, 0.05) is 74.4 Å². The van der Waals surface area contributed by atoms with Crippen molar-refractivity contribution in [2.45, 2.75) is 49.4 Å². The molecule has 0 aliphatic carbocycles. The van der Waals surface area contributed by atoms with Gasteiger partial charge < -0.3 is 25.2 Å². The molecule has 0 atom stereocenters. The highest BCUT2D eigenvalue weighted by molar-refractivity contribution is 7.90. The summed E-state index contributed by atoms with van der Waals surface area (Å²) in [7, 11) is -6.58. The number of benzene rings is 3. The second-order valence-electron chi connectivity index (χ2n) is 15.5. The van der Waals surface area contributed by atoms with Crippen LogP contribution < -0.4 is 15.5 Å². The predicted octanol–water partition coefficient (Wildman–Crippen LogP) is 5.25. The van der Waals surface area contributed by atoms with Gasteiger partial charge in [-0.05, 0) is 69.4 Å². The number of aromatic nitrogens is 3. The minimum atomic E-state index is -4.54. The van der Waals surface area contributed by atoms with Crippen LogP contribution in [-0.2, 0) is 36.7 Å². The van der Waals surface area contributed by atoms with Gasteiger partial charge in [-0.15, -0.1) is 4.68 Å². The highest BCUT2D eigenvalue weighted by Crippen LogP contribution is 2.40. The Morgan fingerprint density at radius 3 is 2.16 bits per heavy atom. The van der Waals surface area contributed by atoms with Crippen LogP contribution in [0.25, 0.3) is 0 Å². The number of sulfonamides is 1. The summed E-state index contributed by atoms with van der Waals surface area (Å²) in [6.45, 7) is 8.81. The average molecular weight is 879 g/mol. The van der Waals surface area contributed by atoms with E-state index in [1.54, 1.807) is 45.0 Å². The van der Waals surface area contributed by atoms with Gasteiger partial charge in [-0.3, -0.25) is 9.59 Å². The van der Waals surface area contributed by atoms with E-state index in [4.69, 9.17) is 4.74 Å². The van der Waals surface area contributed by atoms with Crippen LogP contribution in [0.1, 0.15) is 58.3 Å². The average Bonchev–Trinajstić information content (AvgIpc) is 3.85. The van der Waals surface area contributed by atoms with Crippen LogP contribution in [-0.4, -0.2) is 104 Å². The van der Waals surface area contributed by atoms with E-state index in [2.05, 4.69) is 25.5 Å². The number of amides is 2.